The molecule has 4 aliphatic carbocycles. The van der Waals surface area contributed by atoms with Gasteiger partial charge >= 0.3 is 5.97 Å². The maximum Gasteiger partial charge on any atom is 0.339 e. The first kappa shape index (κ1) is 23.0. The van der Waals surface area contributed by atoms with Crippen molar-refractivity contribution in [2.45, 2.75) is 55.6 Å². The molecule has 6 nitrogen and oxygen atoms in total. The molecule has 0 heterocycles. The first-order chi connectivity index (χ1) is 16.4. The monoisotopic (exact) mass is 478 g/mol. The Kier molecular flexibility index (Phi) is 6.38. The fraction of sp³-hybridized carbons (Fsp3) is 0.444. The average molecular weight is 479 g/mol. The zero-order valence-corrected chi connectivity index (χ0v) is 19.9. The fourth-order valence-corrected chi connectivity index (χ4v) is 7.38. The highest BCUT2D eigenvalue weighted by Crippen LogP contribution is 2.55. The van der Waals surface area contributed by atoms with Crippen molar-refractivity contribution >= 4 is 29.5 Å². The topological polar surface area (TPSA) is 98.5 Å². The first-order valence-electron chi connectivity index (χ1n) is 12.0. The number of nitrogens with one attached hydrogen (secondary N) is 1. The zero-order chi connectivity index (χ0) is 23.7. The van der Waals surface area contributed by atoms with Crippen LogP contribution in [0, 0.1) is 17.8 Å². The van der Waals surface area contributed by atoms with E-state index >= 15 is 0 Å². The quantitative estimate of drug-likeness (QED) is 0.435. The van der Waals surface area contributed by atoms with E-state index in [2.05, 4.69) is 5.32 Å². The highest BCUT2D eigenvalue weighted by molar-refractivity contribution is 8.00. The van der Waals surface area contributed by atoms with Gasteiger partial charge in [-0.05, 0) is 86.1 Å². The van der Waals surface area contributed by atoms with Crippen molar-refractivity contribution in [1.82, 2.24) is 5.32 Å². The van der Waals surface area contributed by atoms with Gasteiger partial charge in [0.05, 0.1) is 11.3 Å². The molecule has 0 aliphatic heterocycles. The molecule has 4 aliphatic rings. The lowest BCUT2D eigenvalue weighted by molar-refractivity contribution is -0.124. The highest BCUT2D eigenvalue weighted by Gasteiger charge is 2.51. The van der Waals surface area contributed by atoms with Gasteiger partial charge in [0.2, 0.25) is 11.8 Å². The smallest absolute Gasteiger partial charge is 0.339 e. The van der Waals surface area contributed by atoms with E-state index in [1.54, 1.807) is 36.4 Å². The molecule has 0 saturated heterocycles. The third-order valence-electron chi connectivity index (χ3n) is 7.49. The Hall–Kier alpha value is -2.80. The number of hydrogen-bond acceptors (Lipinski definition) is 5. The summed E-state index contributed by atoms with van der Waals surface area (Å²) in [4.78, 5) is 37.8. The molecule has 4 fully saturated rings. The lowest BCUT2D eigenvalue weighted by atomic mass is 9.53. The number of hydrogen-bond donors (Lipinski definition) is 2. The van der Waals surface area contributed by atoms with Crippen molar-refractivity contribution in [1.29, 1.82) is 0 Å². The van der Waals surface area contributed by atoms with E-state index in [-0.39, 0.29) is 23.8 Å². The normalized spacial score (nSPS) is 26.8. The molecular formula is C27H30N2O4S. The lowest BCUT2D eigenvalue weighted by Crippen LogP contribution is -2.60. The van der Waals surface area contributed by atoms with Gasteiger partial charge in [0.1, 0.15) is 6.61 Å². The van der Waals surface area contributed by atoms with Crippen LogP contribution in [-0.2, 0) is 16.1 Å². The second kappa shape index (κ2) is 9.45. The van der Waals surface area contributed by atoms with Crippen LogP contribution in [0.5, 0.6) is 0 Å². The van der Waals surface area contributed by atoms with Crippen LogP contribution in [0.4, 0.5) is 0 Å². The Labute approximate surface area is 204 Å². The van der Waals surface area contributed by atoms with Crippen LogP contribution in [0.3, 0.4) is 0 Å². The highest BCUT2D eigenvalue weighted by atomic mass is 32.2. The van der Waals surface area contributed by atoms with Gasteiger partial charge in [-0.25, -0.2) is 4.79 Å². The van der Waals surface area contributed by atoms with Crippen LogP contribution in [0.2, 0.25) is 0 Å². The number of benzene rings is 2. The van der Waals surface area contributed by atoms with Gasteiger partial charge in [-0.1, -0.05) is 24.3 Å². The standard InChI is InChI=1S/C27H30N2O4S/c28-25(31)21-5-3-4-17(11-21)15-33-26(32)22-6-1-2-7-23(22)34-16-24(30)29-27-12-18-8-19(13-27)10-20(9-18)14-27/h1-7,11,18-20H,8-10,12-16H2,(H2,28,31)(H,29,30). The molecule has 4 saturated carbocycles. The molecule has 0 atom stereocenters. The second-order valence-corrected chi connectivity index (χ2v) is 11.2. The molecule has 0 spiro atoms. The Morgan fingerprint density at radius 2 is 1.65 bits per heavy atom. The molecular weight excluding hydrogens is 448 g/mol. The van der Waals surface area contributed by atoms with Crippen molar-refractivity contribution in [2.24, 2.45) is 23.5 Å². The molecule has 178 valence electrons. The van der Waals surface area contributed by atoms with Gasteiger partial charge in [-0.15, -0.1) is 11.8 Å². The maximum absolute atomic E-state index is 12.9. The summed E-state index contributed by atoms with van der Waals surface area (Å²) in [7, 11) is 0. The SMILES string of the molecule is NC(=O)c1cccc(COC(=O)c2ccccc2SCC(=O)NC23CC4CC(CC(C4)C2)C3)c1. The minimum Gasteiger partial charge on any atom is -0.457 e. The molecule has 2 aromatic carbocycles. The van der Waals surface area contributed by atoms with Crippen molar-refractivity contribution in [3.8, 4) is 0 Å². The van der Waals surface area contributed by atoms with Crippen LogP contribution in [0.15, 0.2) is 53.4 Å². The summed E-state index contributed by atoms with van der Waals surface area (Å²) < 4.78 is 5.48. The number of amides is 2. The molecule has 2 amide bonds. The minimum atomic E-state index is -0.526. The molecule has 4 bridgehead atoms. The summed E-state index contributed by atoms with van der Waals surface area (Å²) in [5.74, 6) is 1.65. The van der Waals surface area contributed by atoms with Crippen LogP contribution < -0.4 is 11.1 Å². The number of ether oxygens (including phenoxy) is 1. The van der Waals surface area contributed by atoms with Crippen molar-refractivity contribution in [3.05, 3.63) is 65.2 Å². The van der Waals surface area contributed by atoms with E-state index in [1.165, 1.54) is 31.0 Å². The molecule has 34 heavy (non-hydrogen) atoms. The fourth-order valence-electron chi connectivity index (χ4n) is 6.54. The van der Waals surface area contributed by atoms with E-state index in [4.69, 9.17) is 10.5 Å². The Morgan fingerprint density at radius 1 is 0.971 bits per heavy atom. The largest absolute Gasteiger partial charge is 0.457 e. The van der Waals surface area contributed by atoms with Crippen molar-refractivity contribution < 1.29 is 19.1 Å². The number of carbonyl (C=O) groups is 3. The predicted octanol–water partition coefficient (Wildman–Crippen LogP) is 4.32. The van der Waals surface area contributed by atoms with E-state index in [9.17, 15) is 14.4 Å². The van der Waals surface area contributed by atoms with Gasteiger partial charge in [0.15, 0.2) is 0 Å². The van der Waals surface area contributed by atoms with Crippen LogP contribution >= 0.6 is 11.8 Å². The number of nitrogens with two attached hydrogens (primary N) is 1. The van der Waals surface area contributed by atoms with Crippen LogP contribution in [0.1, 0.15) is 64.8 Å². The summed E-state index contributed by atoms with van der Waals surface area (Å²) in [6.07, 6.45) is 7.38. The summed E-state index contributed by atoms with van der Waals surface area (Å²) in [6, 6.07) is 13.9. The first-order valence-corrected chi connectivity index (χ1v) is 13.0. The van der Waals surface area contributed by atoms with E-state index < -0.39 is 11.9 Å². The third kappa shape index (κ3) is 4.99. The van der Waals surface area contributed by atoms with Gasteiger partial charge in [0, 0.05) is 16.0 Å². The van der Waals surface area contributed by atoms with E-state index in [0.29, 0.717) is 16.7 Å². The molecule has 2 aromatic rings. The lowest BCUT2D eigenvalue weighted by Gasteiger charge is -2.56. The minimum absolute atomic E-state index is 0.00963. The number of thioether (sulfide) groups is 1. The van der Waals surface area contributed by atoms with Gasteiger partial charge in [0.25, 0.3) is 0 Å². The Balaban J connectivity index is 1.18. The molecule has 3 N–H and O–H groups in total. The summed E-state index contributed by atoms with van der Waals surface area (Å²) in [5, 5.41) is 3.39. The van der Waals surface area contributed by atoms with Crippen molar-refractivity contribution in [3.63, 3.8) is 0 Å². The molecule has 0 aromatic heterocycles. The van der Waals surface area contributed by atoms with Gasteiger partial charge < -0.3 is 15.8 Å². The summed E-state index contributed by atoms with van der Waals surface area (Å²) in [5.41, 5.74) is 6.80. The molecule has 0 radical (unpaired) electrons. The summed E-state index contributed by atoms with van der Waals surface area (Å²) >= 11 is 1.37. The van der Waals surface area contributed by atoms with Crippen LogP contribution in [-0.4, -0.2) is 29.1 Å². The van der Waals surface area contributed by atoms with E-state index in [1.807, 2.05) is 12.1 Å². The average Bonchev–Trinajstić information content (AvgIpc) is 2.80. The Bertz CT molecular complexity index is 1080. The summed E-state index contributed by atoms with van der Waals surface area (Å²) in [6.45, 7) is 0.0332. The van der Waals surface area contributed by atoms with Crippen LogP contribution in [0.25, 0.3) is 0 Å². The number of rotatable bonds is 8. The number of primary amides is 1. The molecule has 7 heteroatoms. The number of carbonyl (C=O) groups excluding carboxylic acids is 3. The molecule has 0 unspecified atom stereocenters. The third-order valence-corrected chi connectivity index (χ3v) is 8.56. The predicted molar refractivity (Wildman–Crippen MR) is 130 cm³/mol. The van der Waals surface area contributed by atoms with E-state index in [0.717, 1.165) is 41.9 Å². The maximum atomic E-state index is 12.9. The van der Waals surface area contributed by atoms with Gasteiger partial charge in [-0.3, -0.25) is 9.59 Å². The second-order valence-electron chi connectivity index (χ2n) is 10.2. The van der Waals surface area contributed by atoms with Crippen molar-refractivity contribution in [2.75, 3.05) is 5.75 Å². The Morgan fingerprint density at radius 3 is 2.32 bits per heavy atom. The molecule has 6 rings (SSSR count). The van der Waals surface area contributed by atoms with Gasteiger partial charge in [-0.2, -0.15) is 0 Å². The zero-order valence-electron chi connectivity index (χ0n) is 19.1. The number of esters is 1.